The first-order valence-electron chi connectivity index (χ1n) is 10.4. The molecule has 0 aliphatic carbocycles. The van der Waals surface area contributed by atoms with Crippen LogP contribution in [0.15, 0.2) is 24.3 Å². The molecule has 2 saturated heterocycles. The zero-order chi connectivity index (χ0) is 23.9. The number of piperidine rings is 1. The topological polar surface area (TPSA) is 79.3 Å². The molecule has 180 valence electrons. The number of carbonyl (C=O) groups is 2. The van der Waals surface area contributed by atoms with Crippen LogP contribution in [0.3, 0.4) is 0 Å². The van der Waals surface area contributed by atoms with Gasteiger partial charge in [-0.05, 0) is 50.4 Å². The van der Waals surface area contributed by atoms with E-state index < -0.39 is 12.1 Å². The van der Waals surface area contributed by atoms with E-state index in [9.17, 15) is 18.0 Å². The zero-order valence-corrected chi connectivity index (χ0v) is 18.7. The summed E-state index contributed by atoms with van der Waals surface area (Å²) in [6, 6.07) is 8.30. The number of likely N-dealkylation sites (tertiary alicyclic amines) is 2. The summed E-state index contributed by atoms with van der Waals surface area (Å²) in [4.78, 5) is 26.1. The van der Waals surface area contributed by atoms with Crippen molar-refractivity contribution in [3.63, 3.8) is 0 Å². The van der Waals surface area contributed by atoms with Crippen molar-refractivity contribution in [2.75, 3.05) is 41.0 Å². The number of rotatable bonds is 5. The number of alkyl halides is 3. The van der Waals surface area contributed by atoms with E-state index in [4.69, 9.17) is 19.4 Å². The van der Waals surface area contributed by atoms with E-state index in [1.807, 2.05) is 29.2 Å². The molecule has 0 bridgehead atoms. The second kappa shape index (κ2) is 11.0. The quantitative estimate of drug-likeness (QED) is 0.728. The Balaban J connectivity index is 0.000000451. The van der Waals surface area contributed by atoms with Gasteiger partial charge in [0.2, 0.25) is 5.91 Å². The second-order valence-corrected chi connectivity index (χ2v) is 8.19. The molecule has 1 aromatic rings. The molecule has 2 aliphatic heterocycles. The average Bonchev–Trinajstić information content (AvgIpc) is 3.04. The number of likely N-dealkylation sites (N-methyl/N-ethyl adjacent to an activating group) is 1. The second-order valence-electron chi connectivity index (χ2n) is 8.19. The van der Waals surface area contributed by atoms with E-state index in [2.05, 4.69) is 11.9 Å². The van der Waals surface area contributed by atoms with Crippen molar-refractivity contribution in [3.05, 3.63) is 29.8 Å². The predicted octanol–water partition coefficient (Wildman–Crippen LogP) is 2.97. The van der Waals surface area contributed by atoms with Crippen LogP contribution in [0.4, 0.5) is 13.2 Å². The number of carboxylic acids is 1. The summed E-state index contributed by atoms with van der Waals surface area (Å²) >= 11 is 0. The Labute approximate surface area is 186 Å². The molecule has 0 aromatic heterocycles. The lowest BCUT2D eigenvalue weighted by Crippen LogP contribution is -2.54. The molecular weight excluding hydrogens is 429 g/mol. The highest BCUT2D eigenvalue weighted by atomic mass is 19.4. The molecule has 1 atom stereocenters. The number of aliphatic carboxylic acids is 1. The first-order valence-corrected chi connectivity index (χ1v) is 10.4. The molecule has 2 fully saturated rings. The van der Waals surface area contributed by atoms with Crippen LogP contribution >= 0.6 is 0 Å². The minimum atomic E-state index is -5.08. The average molecular weight is 460 g/mol. The van der Waals surface area contributed by atoms with E-state index in [0.717, 1.165) is 43.9 Å². The lowest BCUT2D eigenvalue weighted by molar-refractivity contribution is -0.192. The van der Waals surface area contributed by atoms with Crippen molar-refractivity contribution in [1.29, 1.82) is 0 Å². The third-order valence-corrected chi connectivity index (χ3v) is 6.40. The summed E-state index contributed by atoms with van der Waals surface area (Å²) < 4.78 is 42.3. The van der Waals surface area contributed by atoms with E-state index >= 15 is 0 Å². The molecular formula is C22H31F3N2O5. The lowest BCUT2D eigenvalue weighted by Gasteiger charge is -2.45. The number of hydrogen-bond donors (Lipinski definition) is 1. The highest BCUT2D eigenvalue weighted by molar-refractivity contribution is 5.79. The number of hydrogen-bond acceptors (Lipinski definition) is 5. The Morgan fingerprint density at radius 1 is 1.12 bits per heavy atom. The molecule has 1 spiro atoms. The molecule has 0 radical (unpaired) electrons. The molecule has 1 aromatic carbocycles. The van der Waals surface area contributed by atoms with Crippen molar-refractivity contribution < 1.29 is 37.3 Å². The van der Waals surface area contributed by atoms with Crippen molar-refractivity contribution in [1.82, 2.24) is 9.80 Å². The van der Waals surface area contributed by atoms with E-state index in [1.54, 1.807) is 14.2 Å². The number of halogens is 3. The zero-order valence-electron chi connectivity index (χ0n) is 18.7. The van der Waals surface area contributed by atoms with Crippen LogP contribution in [-0.2, 0) is 20.7 Å². The highest BCUT2D eigenvalue weighted by Gasteiger charge is 2.46. The number of ether oxygens (including phenoxy) is 2. The number of carbonyl (C=O) groups excluding carboxylic acids is 1. The van der Waals surface area contributed by atoms with Gasteiger partial charge in [0, 0.05) is 31.8 Å². The normalized spacial score (nSPS) is 20.6. The summed E-state index contributed by atoms with van der Waals surface area (Å²) in [7, 11) is 5.66. The molecule has 2 heterocycles. The molecule has 32 heavy (non-hydrogen) atoms. The summed E-state index contributed by atoms with van der Waals surface area (Å²) in [5.74, 6) is -1.70. The summed E-state index contributed by atoms with van der Waals surface area (Å²) in [5.41, 5.74) is 1.31. The van der Waals surface area contributed by atoms with Crippen LogP contribution < -0.4 is 4.74 Å². The Kier molecular flexibility index (Phi) is 8.91. The fourth-order valence-corrected chi connectivity index (χ4v) is 4.38. The third-order valence-electron chi connectivity index (χ3n) is 6.40. The molecule has 10 heteroatoms. The molecule has 1 unspecified atom stereocenters. The van der Waals surface area contributed by atoms with E-state index in [1.165, 1.54) is 12.8 Å². The molecule has 0 saturated carbocycles. The van der Waals surface area contributed by atoms with Crippen LogP contribution in [0.1, 0.15) is 31.2 Å². The van der Waals surface area contributed by atoms with Gasteiger partial charge in [0.05, 0.1) is 20.1 Å². The van der Waals surface area contributed by atoms with E-state index in [0.29, 0.717) is 12.5 Å². The third kappa shape index (κ3) is 6.59. The number of carboxylic acid groups (broad SMARTS) is 1. The number of benzene rings is 1. The molecule has 7 nitrogen and oxygen atoms in total. The molecule has 1 amide bonds. The van der Waals surface area contributed by atoms with Gasteiger partial charge in [-0.3, -0.25) is 9.69 Å². The molecule has 1 N–H and O–H groups in total. The molecule has 2 aliphatic rings. The fourth-order valence-electron chi connectivity index (χ4n) is 4.38. The smallest absolute Gasteiger partial charge is 0.490 e. The minimum Gasteiger partial charge on any atom is -0.497 e. The van der Waals surface area contributed by atoms with Crippen LogP contribution in [0.2, 0.25) is 0 Å². The Morgan fingerprint density at radius 3 is 2.16 bits per heavy atom. The van der Waals surface area contributed by atoms with Gasteiger partial charge in [-0.25, -0.2) is 4.79 Å². The SMILES string of the molecule is COCC1CCC2(CCN(C(=O)Cc3ccc(OC)cc3)CC2)N1C.O=C(O)C(F)(F)F. The van der Waals surface area contributed by atoms with Gasteiger partial charge in [-0.15, -0.1) is 0 Å². The van der Waals surface area contributed by atoms with Gasteiger partial charge < -0.3 is 19.5 Å². The van der Waals surface area contributed by atoms with Crippen molar-refractivity contribution in [2.24, 2.45) is 0 Å². The maximum Gasteiger partial charge on any atom is 0.490 e. The maximum absolute atomic E-state index is 12.6. The van der Waals surface area contributed by atoms with Crippen LogP contribution in [0, 0.1) is 0 Å². The lowest BCUT2D eigenvalue weighted by atomic mass is 9.85. The van der Waals surface area contributed by atoms with Crippen molar-refractivity contribution >= 4 is 11.9 Å². The van der Waals surface area contributed by atoms with Gasteiger partial charge in [0.1, 0.15) is 5.75 Å². The Morgan fingerprint density at radius 2 is 1.69 bits per heavy atom. The highest BCUT2D eigenvalue weighted by Crippen LogP contribution is 2.40. The summed E-state index contributed by atoms with van der Waals surface area (Å²) in [6.07, 6.45) is -0.0581. The monoisotopic (exact) mass is 460 g/mol. The fraction of sp³-hybridized carbons (Fsp3) is 0.636. The van der Waals surface area contributed by atoms with Gasteiger partial charge in [-0.1, -0.05) is 12.1 Å². The minimum absolute atomic E-state index is 0.231. The number of nitrogens with zero attached hydrogens (tertiary/aromatic N) is 2. The Hall–Kier alpha value is -2.33. The molecule has 3 rings (SSSR count). The number of methoxy groups -OCH3 is 2. The van der Waals surface area contributed by atoms with Crippen molar-refractivity contribution in [2.45, 2.75) is 49.9 Å². The van der Waals surface area contributed by atoms with Gasteiger partial charge in [-0.2, -0.15) is 13.2 Å². The Bertz CT molecular complexity index is 762. The van der Waals surface area contributed by atoms with Gasteiger partial charge in [0.25, 0.3) is 0 Å². The van der Waals surface area contributed by atoms with Gasteiger partial charge >= 0.3 is 12.1 Å². The van der Waals surface area contributed by atoms with E-state index in [-0.39, 0.29) is 11.4 Å². The summed E-state index contributed by atoms with van der Waals surface area (Å²) in [5, 5.41) is 7.12. The largest absolute Gasteiger partial charge is 0.497 e. The van der Waals surface area contributed by atoms with Crippen LogP contribution in [0.5, 0.6) is 5.75 Å². The van der Waals surface area contributed by atoms with Crippen LogP contribution in [-0.4, -0.2) is 85.5 Å². The van der Waals surface area contributed by atoms with Gasteiger partial charge in [0.15, 0.2) is 0 Å². The standard InChI is InChI=1S/C20H30N2O3.C2HF3O2/c1-21-17(15-24-2)8-9-20(21)10-12-22(13-11-20)19(23)14-16-4-6-18(25-3)7-5-16;3-2(4,5)1(6)7/h4-7,17H,8-15H2,1-3H3;(H,6,7). The predicted molar refractivity (Wildman–Crippen MR) is 112 cm³/mol. The van der Waals surface area contributed by atoms with Crippen molar-refractivity contribution in [3.8, 4) is 5.75 Å². The first kappa shape index (κ1) is 25.9. The first-order chi connectivity index (χ1) is 15.0. The maximum atomic E-state index is 12.6. The number of amides is 1. The summed E-state index contributed by atoms with van der Waals surface area (Å²) in [6.45, 7) is 2.52. The van der Waals surface area contributed by atoms with Crippen LogP contribution in [0.25, 0.3) is 0 Å².